The predicted octanol–water partition coefficient (Wildman–Crippen LogP) is 2.08. The van der Waals surface area contributed by atoms with Gasteiger partial charge in [-0.15, -0.1) is 0 Å². The fourth-order valence-corrected chi connectivity index (χ4v) is 2.80. The smallest absolute Gasteiger partial charge is 0.236 e. The molecule has 1 aliphatic carbocycles. The topological polar surface area (TPSA) is 49.6 Å². The van der Waals surface area contributed by atoms with Gasteiger partial charge in [0.2, 0.25) is 5.91 Å². The number of hydrogen-bond donors (Lipinski definition) is 1. The van der Waals surface area contributed by atoms with Crippen molar-refractivity contribution in [1.82, 2.24) is 9.80 Å². The van der Waals surface area contributed by atoms with Crippen LogP contribution in [0.3, 0.4) is 0 Å². The Morgan fingerprint density at radius 1 is 1.20 bits per heavy atom. The molecule has 1 unspecified atom stereocenters. The van der Waals surface area contributed by atoms with Crippen LogP contribution in [0.1, 0.15) is 52.4 Å². The highest BCUT2D eigenvalue weighted by molar-refractivity contribution is 5.78. The summed E-state index contributed by atoms with van der Waals surface area (Å²) in [5.41, 5.74) is 6.05. The Kier molecular flexibility index (Phi) is 7.52. The second-order valence-corrected chi connectivity index (χ2v) is 6.73. The average Bonchev–Trinajstić information content (AvgIpc) is 2.44. The molecule has 118 valence electrons. The lowest BCUT2D eigenvalue weighted by Gasteiger charge is -2.32. The molecule has 4 nitrogen and oxygen atoms in total. The molecule has 1 saturated carbocycles. The maximum absolute atomic E-state index is 12.3. The molecule has 0 bridgehead atoms. The number of rotatable bonds is 7. The van der Waals surface area contributed by atoms with E-state index in [4.69, 9.17) is 5.73 Å². The molecular weight excluding hydrogens is 250 g/mol. The van der Waals surface area contributed by atoms with Crippen LogP contribution < -0.4 is 5.73 Å². The zero-order valence-corrected chi connectivity index (χ0v) is 13.8. The minimum Gasteiger partial charge on any atom is -0.342 e. The standard InChI is InChI=1S/C16H33N3O/c1-13(2)15(17)10-11-18(3)12-16(20)19(4)14-8-6-5-7-9-14/h13-15H,5-12,17H2,1-4H3. The van der Waals surface area contributed by atoms with Crippen LogP contribution in [0.5, 0.6) is 0 Å². The Morgan fingerprint density at radius 2 is 1.80 bits per heavy atom. The summed E-state index contributed by atoms with van der Waals surface area (Å²) in [6, 6.07) is 0.686. The van der Waals surface area contributed by atoms with E-state index in [1.807, 2.05) is 19.0 Å². The van der Waals surface area contributed by atoms with Crippen LogP contribution in [-0.2, 0) is 4.79 Å². The first-order chi connectivity index (χ1) is 9.41. The van der Waals surface area contributed by atoms with Crippen molar-refractivity contribution in [3.63, 3.8) is 0 Å². The van der Waals surface area contributed by atoms with E-state index in [0.29, 0.717) is 18.5 Å². The average molecular weight is 283 g/mol. The van der Waals surface area contributed by atoms with Crippen molar-refractivity contribution in [2.24, 2.45) is 11.7 Å². The van der Waals surface area contributed by atoms with Crippen LogP contribution in [0.15, 0.2) is 0 Å². The summed E-state index contributed by atoms with van der Waals surface area (Å²) in [6.07, 6.45) is 7.15. The van der Waals surface area contributed by atoms with E-state index in [-0.39, 0.29) is 11.9 Å². The minimum atomic E-state index is 0.226. The Hall–Kier alpha value is -0.610. The summed E-state index contributed by atoms with van der Waals surface area (Å²) >= 11 is 0. The van der Waals surface area contributed by atoms with Crippen molar-refractivity contribution in [2.45, 2.75) is 64.5 Å². The lowest BCUT2D eigenvalue weighted by Crippen LogP contribution is -2.44. The Bertz CT molecular complexity index is 287. The SMILES string of the molecule is CC(C)C(N)CCN(C)CC(=O)N(C)C1CCCCC1. The Labute approximate surface area is 124 Å². The molecule has 1 rings (SSSR count). The first kappa shape index (κ1) is 17.4. The summed E-state index contributed by atoms with van der Waals surface area (Å²) in [4.78, 5) is 16.4. The summed E-state index contributed by atoms with van der Waals surface area (Å²) in [5, 5.41) is 0. The van der Waals surface area contributed by atoms with Gasteiger partial charge in [0, 0.05) is 19.1 Å². The molecule has 0 radical (unpaired) electrons. The van der Waals surface area contributed by atoms with E-state index in [1.165, 1.54) is 32.1 Å². The summed E-state index contributed by atoms with van der Waals surface area (Å²) in [7, 11) is 3.98. The third-order valence-corrected chi connectivity index (χ3v) is 4.62. The molecule has 0 spiro atoms. The third kappa shape index (κ3) is 5.80. The van der Waals surface area contributed by atoms with E-state index >= 15 is 0 Å². The van der Waals surface area contributed by atoms with E-state index in [0.717, 1.165) is 13.0 Å². The lowest BCUT2D eigenvalue weighted by molar-refractivity contribution is -0.133. The molecule has 0 aliphatic heterocycles. The Balaban J connectivity index is 2.29. The van der Waals surface area contributed by atoms with Gasteiger partial charge in [0.15, 0.2) is 0 Å². The number of carbonyl (C=O) groups excluding carboxylic acids is 1. The minimum absolute atomic E-state index is 0.226. The van der Waals surface area contributed by atoms with Crippen LogP contribution in [0, 0.1) is 5.92 Å². The van der Waals surface area contributed by atoms with E-state index < -0.39 is 0 Å². The van der Waals surface area contributed by atoms with Gasteiger partial charge in [0.1, 0.15) is 0 Å². The van der Waals surface area contributed by atoms with Crippen LogP contribution in [-0.4, -0.2) is 55.0 Å². The first-order valence-corrected chi connectivity index (χ1v) is 8.11. The molecular formula is C16H33N3O. The van der Waals surface area contributed by atoms with Crippen LogP contribution in [0.4, 0.5) is 0 Å². The van der Waals surface area contributed by atoms with Crippen molar-refractivity contribution in [3.8, 4) is 0 Å². The van der Waals surface area contributed by atoms with Gasteiger partial charge >= 0.3 is 0 Å². The van der Waals surface area contributed by atoms with Gasteiger partial charge in [0.05, 0.1) is 6.54 Å². The quantitative estimate of drug-likeness (QED) is 0.778. The highest BCUT2D eigenvalue weighted by atomic mass is 16.2. The molecule has 0 heterocycles. The van der Waals surface area contributed by atoms with Gasteiger partial charge in [-0.2, -0.15) is 0 Å². The zero-order valence-electron chi connectivity index (χ0n) is 13.8. The monoisotopic (exact) mass is 283 g/mol. The molecule has 0 aromatic rings. The van der Waals surface area contributed by atoms with E-state index in [2.05, 4.69) is 18.7 Å². The van der Waals surface area contributed by atoms with Crippen molar-refractivity contribution in [3.05, 3.63) is 0 Å². The molecule has 1 atom stereocenters. The van der Waals surface area contributed by atoms with Gasteiger partial charge < -0.3 is 10.6 Å². The van der Waals surface area contributed by atoms with Crippen molar-refractivity contribution >= 4 is 5.91 Å². The van der Waals surface area contributed by atoms with E-state index in [1.54, 1.807) is 0 Å². The molecule has 1 aliphatic rings. The summed E-state index contributed by atoms with van der Waals surface area (Å²) < 4.78 is 0. The van der Waals surface area contributed by atoms with Crippen molar-refractivity contribution < 1.29 is 4.79 Å². The molecule has 20 heavy (non-hydrogen) atoms. The molecule has 2 N–H and O–H groups in total. The molecule has 0 saturated heterocycles. The van der Waals surface area contributed by atoms with Crippen LogP contribution in [0.2, 0.25) is 0 Å². The third-order valence-electron chi connectivity index (χ3n) is 4.62. The summed E-state index contributed by atoms with van der Waals surface area (Å²) in [5.74, 6) is 0.751. The van der Waals surface area contributed by atoms with Crippen molar-refractivity contribution in [2.75, 3.05) is 27.2 Å². The Morgan fingerprint density at radius 3 is 2.35 bits per heavy atom. The second-order valence-electron chi connectivity index (χ2n) is 6.73. The largest absolute Gasteiger partial charge is 0.342 e. The fourth-order valence-electron chi connectivity index (χ4n) is 2.80. The van der Waals surface area contributed by atoms with Gasteiger partial charge in [-0.1, -0.05) is 33.1 Å². The molecule has 4 heteroatoms. The molecule has 0 aromatic heterocycles. The number of likely N-dealkylation sites (N-methyl/N-ethyl adjacent to an activating group) is 2. The molecule has 0 aromatic carbocycles. The highest BCUT2D eigenvalue weighted by Crippen LogP contribution is 2.21. The van der Waals surface area contributed by atoms with Gasteiger partial charge in [-0.3, -0.25) is 9.69 Å². The van der Waals surface area contributed by atoms with E-state index in [9.17, 15) is 4.79 Å². The second kappa shape index (κ2) is 8.63. The highest BCUT2D eigenvalue weighted by Gasteiger charge is 2.22. The maximum atomic E-state index is 12.3. The number of amides is 1. The molecule has 1 fully saturated rings. The van der Waals surface area contributed by atoms with Crippen molar-refractivity contribution in [1.29, 1.82) is 0 Å². The maximum Gasteiger partial charge on any atom is 0.236 e. The van der Waals surface area contributed by atoms with Crippen LogP contribution in [0.25, 0.3) is 0 Å². The first-order valence-electron chi connectivity index (χ1n) is 8.11. The van der Waals surface area contributed by atoms with Gasteiger partial charge in [0.25, 0.3) is 0 Å². The van der Waals surface area contributed by atoms with Gasteiger partial charge in [-0.25, -0.2) is 0 Å². The number of hydrogen-bond acceptors (Lipinski definition) is 3. The normalized spacial score (nSPS) is 18.6. The summed E-state index contributed by atoms with van der Waals surface area (Å²) in [6.45, 7) is 5.70. The van der Waals surface area contributed by atoms with Gasteiger partial charge in [-0.05, 0) is 38.8 Å². The predicted molar refractivity (Wildman–Crippen MR) is 84.6 cm³/mol. The fraction of sp³-hybridized carbons (Fsp3) is 0.938. The van der Waals surface area contributed by atoms with Crippen LogP contribution >= 0.6 is 0 Å². The number of nitrogens with two attached hydrogens (primary N) is 1. The molecule has 1 amide bonds. The number of carbonyl (C=O) groups is 1. The lowest BCUT2D eigenvalue weighted by atomic mass is 9.94. The zero-order chi connectivity index (χ0) is 15.1. The number of nitrogens with zero attached hydrogens (tertiary/aromatic N) is 2.